The van der Waals surface area contributed by atoms with Crippen molar-refractivity contribution >= 4 is 17.0 Å². The summed E-state index contributed by atoms with van der Waals surface area (Å²) in [5.41, 5.74) is 0. The first-order valence-electron chi connectivity index (χ1n) is 4.91. The third-order valence-electron chi connectivity index (χ3n) is 2.15. The number of nitrogens with one attached hydrogen (secondary N) is 2. The second kappa shape index (κ2) is 8.94. The highest BCUT2D eigenvalue weighted by atomic mass is 79.9. The van der Waals surface area contributed by atoms with E-state index in [4.69, 9.17) is 4.74 Å². The Bertz CT molecular complexity index is 92.3. The lowest BCUT2D eigenvalue weighted by Crippen LogP contribution is -2.30. The van der Waals surface area contributed by atoms with Gasteiger partial charge in [-0.3, -0.25) is 0 Å². The lowest BCUT2D eigenvalue weighted by Gasteiger charge is -2.10. The first kappa shape index (κ1) is 13.4. The molecule has 0 bridgehead atoms. The van der Waals surface area contributed by atoms with Crippen LogP contribution in [0.2, 0.25) is 0 Å². The maximum absolute atomic E-state index is 5.01. The fourth-order valence-corrected chi connectivity index (χ4v) is 1.37. The maximum Gasteiger partial charge on any atom is 0.0591 e. The Labute approximate surface area is 91.4 Å². The van der Waals surface area contributed by atoms with Crippen molar-refractivity contribution in [3.05, 3.63) is 0 Å². The van der Waals surface area contributed by atoms with E-state index in [1.165, 1.54) is 19.4 Å². The minimum Gasteiger partial charge on any atom is -0.379 e. The highest BCUT2D eigenvalue weighted by Crippen LogP contribution is 2.01. The Kier molecular flexibility index (Phi) is 9.18. The van der Waals surface area contributed by atoms with Gasteiger partial charge in [-0.1, -0.05) is 0 Å². The lowest BCUT2D eigenvalue weighted by molar-refractivity contribution is 0.109. The van der Waals surface area contributed by atoms with Gasteiger partial charge in [0.25, 0.3) is 0 Å². The molecule has 2 N–H and O–H groups in total. The number of hydrogen-bond donors (Lipinski definition) is 2. The number of halogens is 1. The summed E-state index contributed by atoms with van der Waals surface area (Å²) in [6.07, 6.45) is 2.75. The van der Waals surface area contributed by atoms with Crippen molar-refractivity contribution in [1.29, 1.82) is 0 Å². The van der Waals surface area contributed by atoms with Crippen LogP contribution in [0.15, 0.2) is 0 Å². The van der Waals surface area contributed by atoms with Crippen LogP contribution >= 0.6 is 17.0 Å². The predicted octanol–water partition coefficient (Wildman–Crippen LogP) is 0.942. The van der Waals surface area contributed by atoms with Crippen molar-refractivity contribution in [2.45, 2.75) is 25.8 Å². The average Bonchev–Trinajstić information content (AvgIpc) is 2.60. The maximum atomic E-state index is 5.01. The van der Waals surface area contributed by atoms with Crippen molar-refractivity contribution in [1.82, 2.24) is 10.6 Å². The molecule has 2 heterocycles. The molecule has 4 heteroatoms. The van der Waals surface area contributed by atoms with Gasteiger partial charge in [-0.05, 0) is 26.3 Å². The topological polar surface area (TPSA) is 33.3 Å². The summed E-state index contributed by atoms with van der Waals surface area (Å²) in [6.45, 7) is 7.30. The smallest absolute Gasteiger partial charge is 0.0591 e. The highest BCUT2D eigenvalue weighted by Gasteiger charge is 2.05. The molecule has 0 unspecified atom stereocenters. The number of hydrogen-bond acceptors (Lipinski definition) is 3. The third kappa shape index (κ3) is 7.43. The normalized spacial score (nSPS) is 27.0. The van der Waals surface area contributed by atoms with Crippen LogP contribution in [-0.4, -0.2) is 38.9 Å². The summed E-state index contributed by atoms with van der Waals surface area (Å²) in [5.74, 6) is 0. The van der Waals surface area contributed by atoms with E-state index in [0.717, 1.165) is 32.3 Å². The summed E-state index contributed by atoms with van der Waals surface area (Å²) in [4.78, 5) is 0. The molecule has 13 heavy (non-hydrogen) atoms. The zero-order chi connectivity index (χ0) is 8.65. The molecular weight excluding hydrogens is 232 g/mol. The van der Waals surface area contributed by atoms with E-state index in [-0.39, 0.29) is 17.0 Å². The zero-order valence-electron chi connectivity index (χ0n) is 8.34. The molecular formula is C9H21BrN2O. The summed E-state index contributed by atoms with van der Waals surface area (Å²) in [7, 11) is 0. The molecule has 0 aromatic carbocycles. The number of rotatable bonds is 0. The fourth-order valence-electron chi connectivity index (χ4n) is 1.37. The Morgan fingerprint density at radius 2 is 1.85 bits per heavy atom. The molecule has 2 saturated heterocycles. The summed E-state index contributed by atoms with van der Waals surface area (Å²) >= 11 is 0. The minimum atomic E-state index is 0. The Hall–Kier alpha value is 0.360. The van der Waals surface area contributed by atoms with Crippen LogP contribution in [-0.2, 0) is 4.74 Å². The number of ether oxygens (including phenoxy) is 1. The van der Waals surface area contributed by atoms with Crippen molar-refractivity contribution in [3.63, 3.8) is 0 Å². The van der Waals surface area contributed by atoms with Crippen molar-refractivity contribution in [2.75, 3.05) is 32.8 Å². The summed E-state index contributed by atoms with van der Waals surface area (Å²) in [6, 6.07) is 0.796. The Morgan fingerprint density at radius 3 is 2.00 bits per heavy atom. The van der Waals surface area contributed by atoms with E-state index in [1.54, 1.807) is 0 Å². The van der Waals surface area contributed by atoms with Crippen LogP contribution in [0.4, 0.5) is 0 Å². The molecule has 0 spiro atoms. The molecule has 80 valence electrons. The lowest BCUT2D eigenvalue weighted by atomic mass is 10.3. The minimum absolute atomic E-state index is 0. The average molecular weight is 253 g/mol. The van der Waals surface area contributed by atoms with Crippen LogP contribution in [0.5, 0.6) is 0 Å². The van der Waals surface area contributed by atoms with Gasteiger partial charge in [0, 0.05) is 19.1 Å². The van der Waals surface area contributed by atoms with E-state index >= 15 is 0 Å². The van der Waals surface area contributed by atoms with Gasteiger partial charge in [0.15, 0.2) is 0 Å². The van der Waals surface area contributed by atoms with E-state index in [2.05, 4.69) is 17.6 Å². The van der Waals surface area contributed by atoms with Gasteiger partial charge in [-0.2, -0.15) is 0 Å². The summed E-state index contributed by atoms with van der Waals surface area (Å²) < 4.78 is 5.01. The zero-order valence-corrected chi connectivity index (χ0v) is 10.1. The van der Waals surface area contributed by atoms with Gasteiger partial charge in [0.1, 0.15) is 0 Å². The Balaban J connectivity index is 0.000000206. The molecule has 2 rings (SSSR count). The van der Waals surface area contributed by atoms with Gasteiger partial charge in [0.2, 0.25) is 0 Å². The van der Waals surface area contributed by atoms with Crippen LogP contribution < -0.4 is 10.6 Å². The SMILES string of the molecule is Br.C1COCCN1.C[C@H]1CCCN1. The van der Waals surface area contributed by atoms with Gasteiger partial charge < -0.3 is 15.4 Å². The molecule has 2 aliphatic rings. The molecule has 0 saturated carbocycles. The first-order valence-corrected chi connectivity index (χ1v) is 4.91. The van der Waals surface area contributed by atoms with Crippen LogP contribution in [0.3, 0.4) is 0 Å². The van der Waals surface area contributed by atoms with Crippen molar-refractivity contribution < 1.29 is 4.74 Å². The van der Waals surface area contributed by atoms with E-state index in [9.17, 15) is 0 Å². The molecule has 1 atom stereocenters. The van der Waals surface area contributed by atoms with E-state index in [1.807, 2.05) is 0 Å². The van der Waals surface area contributed by atoms with Gasteiger partial charge in [0.05, 0.1) is 13.2 Å². The van der Waals surface area contributed by atoms with Crippen molar-refractivity contribution in [3.8, 4) is 0 Å². The second-order valence-electron chi connectivity index (χ2n) is 3.36. The molecule has 2 aliphatic heterocycles. The quantitative estimate of drug-likeness (QED) is 0.674. The largest absolute Gasteiger partial charge is 0.379 e. The van der Waals surface area contributed by atoms with Crippen LogP contribution in [0.25, 0.3) is 0 Å². The standard InChI is InChI=1S/C5H11N.C4H9NO.BrH/c1-5-3-2-4-6-5;1-3-6-4-2-5-1;/h5-6H,2-4H2,1H3;5H,1-4H2;1H/t5-;;/m0../s1. The van der Waals surface area contributed by atoms with E-state index in [0.29, 0.717) is 0 Å². The molecule has 0 aromatic rings. The van der Waals surface area contributed by atoms with Crippen molar-refractivity contribution in [2.24, 2.45) is 0 Å². The molecule has 0 amide bonds. The van der Waals surface area contributed by atoms with Gasteiger partial charge in [-0.25, -0.2) is 0 Å². The molecule has 0 aliphatic carbocycles. The molecule has 0 aromatic heterocycles. The molecule has 3 nitrogen and oxygen atoms in total. The monoisotopic (exact) mass is 252 g/mol. The van der Waals surface area contributed by atoms with Crippen LogP contribution in [0, 0.1) is 0 Å². The van der Waals surface area contributed by atoms with E-state index < -0.39 is 0 Å². The van der Waals surface area contributed by atoms with Crippen LogP contribution in [0.1, 0.15) is 19.8 Å². The third-order valence-corrected chi connectivity index (χ3v) is 2.15. The molecule has 0 radical (unpaired) electrons. The predicted molar refractivity (Wildman–Crippen MR) is 60.7 cm³/mol. The van der Waals surface area contributed by atoms with Gasteiger partial charge >= 0.3 is 0 Å². The number of morpholine rings is 1. The fraction of sp³-hybridized carbons (Fsp3) is 1.00. The first-order chi connectivity index (χ1) is 5.89. The second-order valence-corrected chi connectivity index (χ2v) is 3.36. The molecule has 2 fully saturated rings. The summed E-state index contributed by atoms with van der Waals surface area (Å²) in [5, 5.41) is 6.48. The van der Waals surface area contributed by atoms with Gasteiger partial charge in [-0.15, -0.1) is 17.0 Å². The Morgan fingerprint density at radius 1 is 1.15 bits per heavy atom. The highest BCUT2D eigenvalue weighted by molar-refractivity contribution is 8.93.